The molecule has 1 rings (SSSR count). The van der Waals surface area contributed by atoms with E-state index in [0.717, 1.165) is 6.26 Å². The highest BCUT2D eigenvalue weighted by atomic mass is 16.6. The van der Waals surface area contributed by atoms with Crippen LogP contribution in [-0.2, 0) is 11.3 Å². The van der Waals surface area contributed by atoms with E-state index in [1.54, 1.807) is 20.8 Å². The SMILES string of the molecule is CN(Cc1nc(C(=O)O)co1)C(=O)OC(C)(C)C. The first-order valence-corrected chi connectivity index (χ1v) is 5.31. The van der Waals surface area contributed by atoms with Gasteiger partial charge in [-0.05, 0) is 20.8 Å². The molecule has 0 saturated heterocycles. The summed E-state index contributed by atoms with van der Waals surface area (Å²) in [5.74, 6) is -1.04. The Labute approximate surface area is 104 Å². The molecule has 1 heterocycles. The number of carboxylic acids is 1. The monoisotopic (exact) mass is 256 g/mol. The molecule has 1 aromatic heterocycles. The maximum absolute atomic E-state index is 11.6. The van der Waals surface area contributed by atoms with Crippen LogP contribution >= 0.6 is 0 Å². The molecule has 0 bridgehead atoms. The van der Waals surface area contributed by atoms with Crippen LogP contribution in [0.1, 0.15) is 37.2 Å². The van der Waals surface area contributed by atoms with E-state index >= 15 is 0 Å². The van der Waals surface area contributed by atoms with Gasteiger partial charge >= 0.3 is 12.1 Å². The highest BCUT2D eigenvalue weighted by molar-refractivity contribution is 5.84. The minimum absolute atomic E-state index is 0.0438. The molecule has 1 N–H and O–H groups in total. The molecule has 18 heavy (non-hydrogen) atoms. The smallest absolute Gasteiger partial charge is 0.410 e. The lowest BCUT2D eigenvalue weighted by atomic mass is 10.2. The molecule has 0 aliphatic rings. The fraction of sp³-hybridized carbons (Fsp3) is 0.545. The molecule has 0 fully saturated rings. The van der Waals surface area contributed by atoms with Crippen LogP contribution in [0, 0.1) is 0 Å². The van der Waals surface area contributed by atoms with Gasteiger partial charge in [-0.3, -0.25) is 0 Å². The minimum Gasteiger partial charge on any atom is -0.476 e. The molecule has 0 aliphatic carbocycles. The lowest BCUT2D eigenvalue weighted by molar-refractivity contribution is 0.0271. The van der Waals surface area contributed by atoms with Gasteiger partial charge in [0.25, 0.3) is 0 Å². The van der Waals surface area contributed by atoms with E-state index in [-0.39, 0.29) is 18.1 Å². The van der Waals surface area contributed by atoms with Crippen LogP contribution < -0.4 is 0 Å². The fourth-order valence-corrected chi connectivity index (χ4v) is 1.09. The Morgan fingerprint density at radius 1 is 1.50 bits per heavy atom. The summed E-state index contributed by atoms with van der Waals surface area (Å²) in [5.41, 5.74) is -0.781. The van der Waals surface area contributed by atoms with E-state index in [4.69, 9.17) is 14.3 Å². The summed E-state index contributed by atoms with van der Waals surface area (Å²) in [5, 5.41) is 8.67. The summed E-state index contributed by atoms with van der Waals surface area (Å²) in [7, 11) is 1.51. The van der Waals surface area contributed by atoms with Crippen LogP contribution in [0.25, 0.3) is 0 Å². The van der Waals surface area contributed by atoms with Crippen LogP contribution in [0.2, 0.25) is 0 Å². The Balaban J connectivity index is 2.61. The second-order valence-corrected chi connectivity index (χ2v) is 4.77. The van der Waals surface area contributed by atoms with E-state index in [1.165, 1.54) is 11.9 Å². The quantitative estimate of drug-likeness (QED) is 0.885. The largest absolute Gasteiger partial charge is 0.476 e. The number of hydrogen-bond acceptors (Lipinski definition) is 5. The summed E-state index contributed by atoms with van der Waals surface area (Å²) in [4.78, 5) is 27.2. The molecule has 7 heteroatoms. The van der Waals surface area contributed by atoms with Crippen molar-refractivity contribution in [2.24, 2.45) is 0 Å². The third-order valence-corrected chi connectivity index (χ3v) is 1.85. The molecule has 0 unspecified atom stereocenters. The zero-order valence-electron chi connectivity index (χ0n) is 10.8. The van der Waals surface area contributed by atoms with E-state index < -0.39 is 17.7 Å². The Kier molecular flexibility index (Phi) is 3.95. The molecule has 7 nitrogen and oxygen atoms in total. The van der Waals surface area contributed by atoms with Crippen molar-refractivity contribution in [1.29, 1.82) is 0 Å². The van der Waals surface area contributed by atoms with Gasteiger partial charge in [-0.1, -0.05) is 0 Å². The van der Waals surface area contributed by atoms with E-state index in [1.807, 2.05) is 0 Å². The Hall–Kier alpha value is -2.05. The number of carbonyl (C=O) groups excluding carboxylic acids is 1. The standard InChI is InChI=1S/C11H16N2O5/c1-11(2,3)18-10(16)13(4)5-8-12-7(6-17-8)9(14)15/h6H,5H2,1-4H3,(H,14,15). The highest BCUT2D eigenvalue weighted by Crippen LogP contribution is 2.11. The van der Waals surface area contributed by atoms with Crippen molar-refractivity contribution < 1.29 is 23.8 Å². The van der Waals surface area contributed by atoms with Gasteiger partial charge in [-0.25, -0.2) is 14.6 Å². The molecule has 0 spiro atoms. The average molecular weight is 256 g/mol. The van der Waals surface area contributed by atoms with Gasteiger partial charge in [0.15, 0.2) is 5.69 Å². The minimum atomic E-state index is -1.18. The highest BCUT2D eigenvalue weighted by Gasteiger charge is 2.21. The number of rotatable bonds is 3. The number of amides is 1. The normalized spacial score (nSPS) is 11.1. The molecule has 0 aromatic carbocycles. The fourth-order valence-electron chi connectivity index (χ4n) is 1.09. The molecule has 0 saturated carbocycles. The molecule has 0 atom stereocenters. The van der Waals surface area contributed by atoms with Crippen molar-refractivity contribution in [2.75, 3.05) is 7.05 Å². The summed E-state index contributed by atoms with van der Waals surface area (Å²) >= 11 is 0. The molecule has 1 amide bonds. The first-order chi connectivity index (χ1) is 8.19. The molecule has 0 radical (unpaired) electrons. The van der Waals surface area contributed by atoms with Gasteiger partial charge < -0.3 is 19.2 Å². The van der Waals surface area contributed by atoms with Crippen molar-refractivity contribution in [3.8, 4) is 0 Å². The third-order valence-electron chi connectivity index (χ3n) is 1.85. The van der Waals surface area contributed by atoms with Crippen molar-refractivity contribution in [3.63, 3.8) is 0 Å². The predicted molar refractivity (Wildman–Crippen MR) is 61.2 cm³/mol. The number of hydrogen-bond donors (Lipinski definition) is 1. The lowest BCUT2D eigenvalue weighted by Crippen LogP contribution is -2.33. The molecular weight excluding hydrogens is 240 g/mol. The summed E-state index contributed by atoms with van der Waals surface area (Å²) in [6, 6.07) is 0. The second-order valence-electron chi connectivity index (χ2n) is 4.77. The Bertz CT molecular complexity index is 447. The van der Waals surface area contributed by atoms with E-state index in [9.17, 15) is 9.59 Å². The van der Waals surface area contributed by atoms with Gasteiger partial charge in [0.05, 0.1) is 0 Å². The van der Waals surface area contributed by atoms with Crippen molar-refractivity contribution in [3.05, 3.63) is 17.8 Å². The van der Waals surface area contributed by atoms with Gasteiger partial charge in [0, 0.05) is 7.05 Å². The van der Waals surface area contributed by atoms with Crippen LogP contribution in [0.15, 0.2) is 10.7 Å². The third kappa shape index (κ3) is 4.08. The predicted octanol–water partition coefficient (Wildman–Crippen LogP) is 1.74. The Morgan fingerprint density at radius 3 is 2.56 bits per heavy atom. The van der Waals surface area contributed by atoms with Gasteiger partial charge in [0.1, 0.15) is 18.4 Å². The number of carbonyl (C=O) groups is 2. The van der Waals surface area contributed by atoms with E-state index in [2.05, 4.69) is 4.98 Å². The first-order valence-electron chi connectivity index (χ1n) is 5.31. The molecule has 0 aliphatic heterocycles. The topological polar surface area (TPSA) is 92.9 Å². The lowest BCUT2D eigenvalue weighted by Gasteiger charge is -2.23. The summed E-state index contributed by atoms with van der Waals surface area (Å²) < 4.78 is 10.1. The number of ether oxygens (including phenoxy) is 1. The number of aromatic carboxylic acids is 1. The number of aromatic nitrogens is 1. The maximum atomic E-state index is 11.6. The first kappa shape index (κ1) is 14.0. The van der Waals surface area contributed by atoms with Gasteiger partial charge in [-0.2, -0.15) is 0 Å². The molecule has 100 valence electrons. The van der Waals surface area contributed by atoms with Gasteiger partial charge in [-0.15, -0.1) is 0 Å². The number of nitrogens with zero attached hydrogens (tertiary/aromatic N) is 2. The van der Waals surface area contributed by atoms with Crippen molar-refractivity contribution >= 4 is 12.1 Å². The summed E-state index contributed by atoms with van der Waals surface area (Å²) in [6.07, 6.45) is 0.498. The van der Waals surface area contributed by atoms with Crippen LogP contribution in [0.5, 0.6) is 0 Å². The molecular formula is C11H16N2O5. The maximum Gasteiger partial charge on any atom is 0.410 e. The van der Waals surface area contributed by atoms with Crippen LogP contribution in [0.3, 0.4) is 0 Å². The van der Waals surface area contributed by atoms with Crippen molar-refractivity contribution in [2.45, 2.75) is 32.9 Å². The zero-order valence-corrected chi connectivity index (χ0v) is 10.8. The van der Waals surface area contributed by atoms with E-state index in [0.29, 0.717) is 0 Å². The molecule has 1 aromatic rings. The summed E-state index contributed by atoms with van der Waals surface area (Å²) in [6.45, 7) is 5.31. The average Bonchev–Trinajstić information content (AvgIpc) is 2.63. The van der Waals surface area contributed by atoms with Crippen molar-refractivity contribution in [1.82, 2.24) is 9.88 Å². The van der Waals surface area contributed by atoms with Crippen LogP contribution in [-0.4, -0.2) is 39.7 Å². The van der Waals surface area contributed by atoms with Gasteiger partial charge in [0.2, 0.25) is 5.89 Å². The number of carboxylic acid groups (broad SMARTS) is 1. The number of oxazole rings is 1. The second kappa shape index (κ2) is 5.07. The zero-order chi connectivity index (χ0) is 13.9. The Morgan fingerprint density at radius 2 is 2.11 bits per heavy atom. The van der Waals surface area contributed by atoms with Crippen LogP contribution in [0.4, 0.5) is 4.79 Å².